The van der Waals surface area contributed by atoms with Crippen molar-refractivity contribution < 1.29 is 24.9 Å². The van der Waals surface area contributed by atoms with Crippen LogP contribution >= 0.6 is 35.8 Å². The second-order valence-electron chi connectivity index (χ2n) is 7.73. The predicted octanol–water partition coefficient (Wildman–Crippen LogP) is 0.811. The third kappa shape index (κ3) is 5.88. The van der Waals surface area contributed by atoms with Crippen molar-refractivity contribution in [3.05, 3.63) is 0 Å². The fourth-order valence-corrected chi connectivity index (χ4v) is 5.00. The minimum atomic E-state index is -1.36. The number of thioether (sulfide) groups is 1. The number of carbonyl (C=O) groups is 1. The lowest BCUT2D eigenvalue weighted by Gasteiger charge is -2.44. The Hall–Kier alpha value is 0.200. The molecule has 0 radical (unpaired) electrons. The Kier molecular flexibility index (Phi) is 10.8. The smallest absolute Gasteiger partial charge is 0.237 e. The van der Waals surface area contributed by atoms with Gasteiger partial charge in [-0.2, -0.15) is 0 Å². The summed E-state index contributed by atoms with van der Waals surface area (Å²) in [7, 11) is 1.94. The first-order chi connectivity index (χ1) is 12.7. The van der Waals surface area contributed by atoms with E-state index < -0.39 is 41.3 Å². The SMILES string of the molecule is CCC[C@@H]1C[C@@H](C(=O)N[C@@H](C(C)Cl)C2O[C@H](SC)[C@H](O)[C@@H](O)[C@H]2O)N(C)C1.Cl. The first kappa shape index (κ1) is 26.2. The summed E-state index contributed by atoms with van der Waals surface area (Å²) in [6.07, 6.45) is -0.0980. The summed E-state index contributed by atoms with van der Waals surface area (Å²) in [5.74, 6) is 0.350. The molecule has 0 saturated carbocycles. The van der Waals surface area contributed by atoms with Crippen molar-refractivity contribution in [2.45, 2.75) is 80.4 Å². The van der Waals surface area contributed by atoms with E-state index in [4.69, 9.17) is 16.3 Å². The molecule has 2 aliphatic rings. The minimum absolute atomic E-state index is 0. The molecule has 0 aromatic heterocycles. The van der Waals surface area contributed by atoms with E-state index in [0.29, 0.717) is 5.92 Å². The second kappa shape index (κ2) is 11.6. The Morgan fingerprint density at radius 3 is 2.50 bits per heavy atom. The molecule has 1 amide bonds. The van der Waals surface area contributed by atoms with Gasteiger partial charge in [-0.05, 0) is 39.0 Å². The lowest BCUT2D eigenvalue weighted by molar-refractivity contribution is -0.205. The van der Waals surface area contributed by atoms with Crippen LogP contribution in [0.4, 0.5) is 0 Å². The van der Waals surface area contributed by atoms with Crippen LogP contribution in [0.15, 0.2) is 0 Å². The quantitative estimate of drug-likeness (QED) is 0.416. The molecule has 2 rings (SSSR count). The van der Waals surface area contributed by atoms with E-state index in [9.17, 15) is 20.1 Å². The van der Waals surface area contributed by atoms with E-state index in [0.717, 1.165) is 25.8 Å². The lowest BCUT2D eigenvalue weighted by atomic mass is 9.92. The topological polar surface area (TPSA) is 102 Å². The van der Waals surface area contributed by atoms with Crippen molar-refractivity contribution in [3.8, 4) is 0 Å². The van der Waals surface area contributed by atoms with Crippen LogP contribution in [0, 0.1) is 5.92 Å². The molecule has 9 atom stereocenters. The van der Waals surface area contributed by atoms with Gasteiger partial charge in [-0.3, -0.25) is 9.69 Å². The number of alkyl halides is 1. The van der Waals surface area contributed by atoms with Crippen molar-refractivity contribution in [1.82, 2.24) is 10.2 Å². The maximum absolute atomic E-state index is 12.9. The lowest BCUT2D eigenvalue weighted by Crippen LogP contribution is -2.65. The minimum Gasteiger partial charge on any atom is -0.388 e. The van der Waals surface area contributed by atoms with Gasteiger partial charge in [0.1, 0.15) is 29.9 Å². The highest BCUT2D eigenvalue weighted by atomic mass is 35.5. The zero-order chi connectivity index (χ0) is 20.3. The van der Waals surface area contributed by atoms with Crippen LogP contribution in [0.2, 0.25) is 0 Å². The Morgan fingerprint density at radius 2 is 1.96 bits per heavy atom. The number of ether oxygens (including phenoxy) is 1. The number of hydrogen-bond donors (Lipinski definition) is 4. The molecular formula is C18H34Cl2N2O5S. The summed E-state index contributed by atoms with van der Waals surface area (Å²) in [5, 5.41) is 33.0. The molecule has 166 valence electrons. The average Bonchev–Trinajstić information content (AvgIpc) is 2.99. The number of halogens is 2. The van der Waals surface area contributed by atoms with Crippen molar-refractivity contribution in [1.29, 1.82) is 0 Å². The maximum atomic E-state index is 12.9. The number of aliphatic hydroxyl groups excluding tert-OH is 3. The summed E-state index contributed by atoms with van der Waals surface area (Å²) in [4.78, 5) is 14.9. The first-order valence-corrected chi connectivity index (χ1v) is 11.3. The Bertz CT molecular complexity index is 503. The summed E-state index contributed by atoms with van der Waals surface area (Å²) < 4.78 is 5.79. The fourth-order valence-electron chi connectivity index (χ4n) is 4.11. The number of hydrogen-bond acceptors (Lipinski definition) is 7. The number of likely N-dealkylation sites (tertiary alicyclic amines) is 1. The van der Waals surface area contributed by atoms with Crippen LogP contribution in [0.3, 0.4) is 0 Å². The molecule has 7 nitrogen and oxygen atoms in total. The van der Waals surface area contributed by atoms with Crippen LogP contribution in [-0.4, -0.2) is 93.3 Å². The molecule has 2 fully saturated rings. The Morgan fingerprint density at radius 1 is 1.32 bits per heavy atom. The molecule has 2 unspecified atom stereocenters. The van der Waals surface area contributed by atoms with Gasteiger partial charge in [-0.25, -0.2) is 0 Å². The predicted molar refractivity (Wildman–Crippen MR) is 114 cm³/mol. The van der Waals surface area contributed by atoms with Gasteiger partial charge in [0.2, 0.25) is 5.91 Å². The third-order valence-electron chi connectivity index (χ3n) is 5.63. The monoisotopic (exact) mass is 460 g/mol. The average molecular weight is 461 g/mol. The summed E-state index contributed by atoms with van der Waals surface area (Å²) in [5.41, 5.74) is -0.702. The second-order valence-corrected chi connectivity index (χ2v) is 9.36. The van der Waals surface area contributed by atoms with Crippen molar-refractivity contribution in [3.63, 3.8) is 0 Å². The number of nitrogens with zero attached hydrogens (tertiary/aromatic N) is 1. The van der Waals surface area contributed by atoms with Crippen molar-refractivity contribution >= 4 is 41.7 Å². The van der Waals surface area contributed by atoms with Gasteiger partial charge in [0.25, 0.3) is 0 Å². The van der Waals surface area contributed by atoms with E-state index in [1.165, 1.54) is 11.8 Å². The van der Waals surface area contributed by atoms with E-state index in [1.54, 1.807) is 13.2 Å². The normalized spacial score (nSPS) is 38.5. The Balaban J connectivity index is 0.00000392. The van der Waals surface area contributed by atoms with Gasteiger partial charge in [-0.1, -0.05) is 13.3 Å². The number of aliphatic hydroxyl groups is 3. The zero-order valence-electron chi connectivity index (χ0n) is 16.8. The summed E-state index contributed by atoms with van der Waals surface area (Å²) >= 11 is 7.55. The van der Waals surface area contributed by atoms with Gasteiger partial charge < -0.3 is 25.4 Å². The summed E-state index contributed by atoms with van der Waals surface area (Å²) in [6.45, 7) is 4.74. The van der Waals surface area contributed by atoms with Crippen molar-refractivity contribution in [2.75, 3.05) is 19.8 Å². The van der Waals surface area contributed by atoms with Crippen LogP contribution in [0.25, 0.3) is 0 Å². The van der Waals surface area contributed by atoms with Gasteiger partial charge >= 0.3 is 0 Å². The van der Waals surface area contributed by atoms with Crippen LogP contribution in [-0.2, 0) is 9.53 Å². The molecule has 0 aliphatic carbocycles. The largest absolute Gasteiger partial charge is 0.388 e. The molecule has 10 heteroatoms. The summed E-state index contributed by atoms with van der Waals surface area (Å²) in [6, 6.07) is -0.934. The van der Waals surface area contributed by atoms with Crippen molar-refractivity contribution in [2.24, 2.45) is 5.92 Å². The highest BCUT2D eigenvalue weighted by Crippen LogP contribution is 2.31. The molecule has 2 heterocycles. The molecule has 0 spiro atoms. The maximum Gasteiger partial charge on any atom is 0.237 e. The molecule has 0 aromatic rings. The van der Waals surface area contributed by atoms with Crippen LogP contribution in [0.1, 0.15) is 33.1 Å². The highest BCUT2D eigenvalue weighted by molar-refractivity contribution is 7.99. The van der Waals surface area contributed by atoms with E-state index in [2.05, 4.69) is 12.2 Å². The van der Waals surface area contributed by atoms with Gasteiger partial charge in [0.05, 0.1) is 17.5 Å². The molecule has 0 bridgehead atoms. The number of amides is 1. The third-order valence-corrected chi connectivity index (χ3v) is 6.76. The zero-order valence-corrected chi connectivity index (χ0v) is 19.2. The molecular weight excluding hydrogens is 427 g/mol. The fraction of sp³-hybridized carbons (Fsp3) is 0.944. The van der Waals surface area contributed by atoms with Crippen LogP contribution < -0.4 is 5.32 Å². The first-order valence-electron chi connectivity index (χ1n) is 9.58. The highest BCUT2D eigenvalue weighted by Gasteiger charge is 2.48. The van der Waals surface area contributed by atoms with E-state index in [1.807, 2.05) is 11.9 Å². The Labute approximate surface area is 182 Å². The van der Waals surface area contributed by atoms with Gasteiger partial charge in [0.15, 0.2) is 0 Å². The van der Waals surface area contributed by atoms with E-state index in [-0.39, 0.29) is 24.4 Å². The molecule has 2 aliphatic heterocycles. The number of rotatable bonds is 7. The molecule has 4 N–H and O–H groups in total. The van der Waals surface area contributed by atoms with E-state index >= 15 is 0 Å². The van der Waals surface area contributed by atoms with Crippen LogP contribution in [0.5, 0.6) is 0 Å². The standard InChI is InChI=1S/C18H33ClN2O5S.ClH/c1-5-6-10-7-11(21(3)8-10)17(25)20-12(9(2)19)16-14(23)13(22)15(24)18(26-16)27-4;/h9-16,18,22-24H,5-8H2,1-4H3,(H,20,25);1H/t9?,10-,11+,12+,13+,14-,15-,16?,18-;/m1./s1. The number of nitrogens with one attached hydrogen (secondary N) is 1. The number of carbonyl (C=O) groups excluding carboxylic acids is 1. The molecule has 0 aromatic carbocycles. The number of likely N-dealkylation sites (N-methyl/N-ethyl adjacent to an activating group) is 1. The van der Waals surface area contributed by atoms with Gasteiger partial charge in [0, 0.05) is 6.54 Å². The molecule has 2 saturated heterocycles. The van der Waals surface area contributed by atoms with Gasteiger partial charge in [-0.15, -0.1) is 35.8 Å². The molecule has 28 heavy (non-hydrogen) atoms.